The number of hydrogen-bond donors (Lipinski definition) is 1. The van der Waals surface area contributed by atoms with Gasteiger partial charge in [0.1, 0.15) is 0 Å². The van der Waals surface area contributed by atoms with Crippen LogP contribution >= 0.6 is 11.8 Å². The molecule has 19 heavy (non-hydrogen) atoms. The highest BCUT2D eigenvalue weighted by Crippen LogP contribution is 2.38. The topological polar surface area (TPSA) is 30.5 Å². The van der Waals surface area contributed by atoms with Crippen LogP contribution in [-0.2, 0) is 9.47 Å². The number of hydrogen-bond acceptors (Lipinski definition) is 4. The van der Waals surface area contributed by atoms with Crippen LogP contribution in [0.3, 0.4) is 0 Å². The first-order chi connectivity index (χ1) is 9.36. The van der Waals surface area contributed by atoms with Crippen molar-refractivity contribution in [1.82, 2.24) is 5.32 Å². The maximum Gasteiger partial charge on any atom is 0.0795 e. The van der Waals surface area contributed by atoms with Crippen LogP contribution in [0.25, 0.3) is 0 Å². The molecule has 3 unspecified atom stereocenters. The van der Waals surface area contributed by atoms with Gasteiger partial charge in [0, 0.05) is 25.0 Å². The average molecular weight is 285 g/mol. The van der Waals surface area contributed by atoms with Crippen LogP contribution < -0.4 is 5.32 Å². The Morgan fingerprint density at radius 2 is 2.21 bits per heavy atom. The minimum atomic E-state index is 0.210. The molecule has 1 N–H and O–H groups in total. The molecule has 3 rings (SSSR count). The lowest BCUT2D eigenvalue weighted by Crippen LogP contribution is -2.47. The van der Waals surface area contributed by atoms with Crippen molar-refractivity contribution in [2.75, 3.05) is 31.3 Å². The van der Waals surface area contributed by atoms with E-state index in [4.69, 9.17) is 9.47 Å². The van der Waals surface area contributed by atoms with Crippen molar-refractivity contribution in [2.45, 2.75) is 62.7 Å². The highest BCUT2D eigenvalue weighted by atomic mass is 32.2. The van der Waals surface area contributed by atoms with Gasteiger partial charge >= 0.3 is 0 Å². The zero-order valence-corrected chi connectivity index (χ0v) is 12.7. The van der Waals surface area contributed by atoms with Crippen LogP contribution in [0.1, 0.15) is 44.9 Å². The molecule has 3 saturated heterocycles. The Bertz CT molecular complexity index is 275. The Labute approximate surface area is 121 Å². The van der Waals surface area contributed by atoms with Crippen LogP contribution in [0.15, 0.2) is 0 Å². The van der Waals surface area contributed by atoms with Gasteiger partial charge in [-0.05, 0) is 57.2 Å². The molecule has 3 heterocycles. The maximum absolute atomic E-state index is 6.07. The van der Waals surface area contributed by atoms with E-state index in [-0.39, 0.29) is 5.60 Å². The van der Waals surface area contributed by atoms with Gasteiger partial charge in [-0.15, -0.1) is 0 Å². The summed E-state index contributed by atoms with van der Waals surface area (Å²) in [6.07, 6.45) is 9.20. The van der Waals surface area contributed by atoms with Gasteiger partial charge in [-0.1, -0.05) is 0 Å². The second-order valence-corrected chi connectivity index (χ2v) is 7.36. The maximum atomic E-state index is 6.07. The van der Waals surface area contributed by atoms with Crippen LogP contribution in [0.4, 0.5) is 0 Å². The van der Waals surface area contributed by atoms with Crippen LogP contribution in [0.2, 0.25) is 0 Å². The molecule has 0 aromatic rings. The molecule has 4 heteroatoms. The molecule has 0 amide bonds. The highest BCUT2D eigenvalue weighted by molar-refractivity contribution is 7.99. The lowest BCUT2D eigenvalue weighted by atomic mass is 9.90. The van der Waals surface area contributed by atoms with Crippen molar-refractivity contribution in [1.29, 1.82) is 0 Å². The summed E-state index contributed by atoms with van der Waals surface area (Å²) in [5.74, 6) is 2.49. The predicted molar refractivity (Wildman–Crippen MR) is 79.9 cm³/mol. The SMILES string of the molecule is C1CCC(CCNC2CCOC3(CCSC3)C2)OC1. The molecule has 3 fully saturated rings. The third kappa shape index (κ3) is 3.87. The fourth-order valence-corrected chi connectivity index (χ4v) is 4.93. The lowest BCUT2D eigenvalue weighted by molar-refractivity contribution is -0.0706. The Hall–Kier alpha value is 0.230. The van der Waals surface area contributed by atoms with Gasteiger partial charge in [0.05, 0.1) is 11.7 Å². The molecule has 0 aromatic heterocycles. The van der Waals surface area contributed by atoms with E-state index < -0.39 is 0 Å². The predicted octanol–water partition coefficient (Wildman–Crippen LogP) is 2.59. The van der Waals surface area contributed by atoms with E-state index in [2.05, 4.69) is 17.1 Å². The molecule has 0 aromatic carbocycles. The van der Waals surface area contributed by atoms with E-state index in [0.29, 0.717) is 12.1 Å². The summed E-state index contributed by atoms with van der Waals surface area (Å²) in [6.45, 7) is 3.03. The number of thioether (sulfide) groups is 1. The number of nitrogens with one attached hydrogen (secondary N) is 1. The third-order valence-corrected chi connectivity index (χ3v) is 5.96. The molecular weight excluding hydrogens is 258 g/mol. The van der Waals surface area contributed by atoms with Crippen LogP contribution in [0, 0.1) is 0 Å². The second-order valence-electron chi connectivity index (χ2n) is 6.26. The Balaban J connectivity index is 1.37. The fraction of sp³-hybridized carbons (Fsp3) is 1.00. The van der Waals surface area contributed by atoms with Gasteiger partial charge in [0.2, 0.25) is 0 Å². The fourth-order valence-electron chi connectivity index (χ4n) is 3.55. The summed E-state index contributed by atoms with van der Waals surface area (Å²) < 4.78 is 11.9. The van der Waals surface area contributed by atoms with Crippen molar-refractivity contribution in [3.63, 3.8) is 0 Å². The van der Waals surface area contributed by atoms with E-state index >= 15 is 0 Å². The standard InChI is InChI=1S/C15H27NO2S/c1-2-8-17-14(3-1)4-7-16-13-5-9-18-15(11-13)6-10-19-12-15/h13-14,16H,1-12H2. The van der Waals surface area contributed by atoms with Crippen molar-refractivity contribution >= 4 is 11.8 Å². The minimum absolute atomic E-state index is 0.210. The first kappa shape index (κ1) is 14.2. The summed E-state index contributed by atoms with van der Waals surface area (Å²) in [4.78, 5) is 0. The molecule has 1 spiro atoms. The van der Waals surface area contributed by atoms with E-state index in [1.807, 2.05) is 0 Å². The molecular formula is C15H27NO2S. The van der Waals surface area contributed by atoms with Gasteiger partial charge in [-0.2, -0.15) is 11.8 Å². The van der Waals surface area contributed by atoms with Gasteiger partial charge in [0.15, 0.2) is 0 Å². The van der Waals surface area contributed by atoms with E-state index in [1.54, 1.807) is 0 Å². The van der Waals surface area contributed by atoms with Crippen molar-refractivity contribution in [3.05, 3.63) is 0 Å². The van der Waals surface area contributed by atoms with E-state index in [1.165, 1.54) is 56.5 Å². The second kappa shape index (κ2) is 6.79. The van der Waals surface area contributed by atoms with Gasteiger partial charge in [-0.25, -0.2) is 0 Å². The normalized spacial score (nSPS) is 39.8. The monoisotopic (exact) mass is 285 g/mol. The zero-order chi connectivity index (χ0) is 13.0. The molecule has 3 aliphatic rings. The lowest BCUT2D eigenvalue weighted by Gasteiger charge is -2.38. The molecule has 0 bridgehead atoms. The van der Waals surface area contributed by atoms with Gasteiger partial charge in [-0.3, -0.25) is 0 Å². The molecule has 0 radical (unpaired) electrons. The van der Waals surface area contributed by atoms with Gasteiger partial charge in [0.25, 0.3) is 0 Å². The largest absolute Gasteiger partial charge is 0.378 e. The van der Waals surface area contributed by atoms with Crippen molar-refractivity contribution in [2.24, 2.45) is 0 Å². The Morgan fingerprint density at radius 3 is 3.00 bits per heavy atom. The van der Waals surface area contributed by atoms with Crippen LogP contribution in [-0.4, -0.2) is 49.0 Å². The van der Waals surface area contributed by atoms with Crippen LogP contribution in [0.5, 0.6) is 0 Å². The summed E-state index contributed by atoms with van der Waals surface area (Å²) in [5, 5.41) is 3.75. The highest BCUT2D eigenvalue weighted by Gasteiger charge is 2.40. The molecule has 0 saturated carbocycles. The summed E-state index contributed by atoms with van der Waals surface area (Å²) in [6, 6.07) is 0.663. The van der Waals surface area contributed by atoms with E-state index in [0.717, 1.165) is 19.8 Å². The average Bonchev–Trinajstić information content (AvgIpc) is 2.88. The molecule has 3 nitrogen and oxygen atoms in total. The molecule has 0 aliphatic carbocycles. The quantitative estimate of drug-likeness (QED) is 0.860. The zero-order valence-electron chi connectivity index (χ0n) is 11.9. The number of ether oxygens (including phenoxy) is 2. The number of rotatable bonds is 4. The van der Waals surface area contributed by atoms with Crippen molar-refractivity contribution < 1.29 is 9.47 Å². The first-order valence-electron chi connectivity index (χ1n) is 7.93. The Morgan fingerprint density at radius 1 is 1.21 bits per heavy atom. The first-order valence-corrected chi connectivity index (χ1v) is 9.09. The minimum Gasteiger partial charge on any atom is -0.378 e. The summed E-state index contributed by atoms with van der Waals surface area (Å²) in [5.41, 5.74) is 0.210. The van der Waals surface area contributed by atoms with Crippen molar-refractivity contribution in [3.8, 4) is 0 Å². The molecule has 110 valence electrons. The van der Waals surface area contributed by atoms with Gasteiger partial charge < -0.3 is 14.8 Å². The summed E-state index contributed by atoms with van der Waals surface area (Å²) >= 11 is 2.06. The summed E-state index contributed by atoms with van der Waals surface area (Å²) in [7, 11) is 0. The molecule has 3 atom stereocenters. The van der Waals surface area contributed by atoms with E-state index in [9.17, 15) is 0 Å². The molecule has 3 aliphatic heterocycles. The smallest absolute Gasteiger partial charge is 0.0795 e. The third-order valence-electron chi connectivity index (χ3n) is 4.73. The Kier molecular flexibility index (Phi) is 5.07.